The third-order valence-corrected chi connectivity index (χ3v) is 2.31. The van der Waals surface area contributed by atoms with Crippen molar-refractivity contribution in [3.05, 3.63) is 41.5 Å². The molecular formula is C15H20O2. The highest BCUT2D eigenvalue weighted by atomic mass is 16.5. The minimum absolute atomic E-state index is 0.175. The largest absolute Gasteiger partial charge is 0.461 e. The summed E-state index contributed by atoms with van der Waals surface area (Å²) >= 11 is 0. The van der Waals surface area contributed by atoms with Crippen LogP contribution < -0.4 is 0 Å². The smallest absolute Gasteiger partial charge is 0.311 e. The zero-order valence-corrected chi connectivity index (χ0v) is 11.0. The van der Waals surface area contributed by atoms with E-state index in [1.54, 1.807) is 0 Å². The zero-order chi connectivity index (χ0) is 12.9. The molecule has 2 heteroatoms. The van der Waals surface area contributed by atoms with Gasteiger partial charge >= 0.3 is 5.97 Å². The fourth-order valence-electron chi connectivity index (χ4n) is 1.20. The van der Waals surface area contributed by atoms with Crippen molar-refractivity contribution >= 4 is 12.0 Å². The molecule has 0 aliphatic heterocycles. The van der Waals surface area contributed by atoms with E-state index in [2.05, 4.69) is 19.1 Å². The van der Waals surface area contributed by atoms with Gasteiger partial charge < -0.3 is 4.74 Å². The summed E-state index contributed by atoms with van der Waals surface area (Å²) in [4.78, 5) is 11.5. The molecule has 0 fully saturated rings. The molecule has 0 aliphatic carbocycles. The molecule has 1 rings (SSSR count). The first-order valence-corrected chi connectivity index (χ1v) is 5.80. The topological polar surface area (TPSA) is 26.3 Å². The van der Waals surface area contributed by atoms with Gasteiger partial charge in [-0.2, -0.15) is 0 Å². The van der Waals surface area contributed by atoms with Crippen LogP contribution in [0.15, 0.2) is 30.3 Å². The van der Waals surface area contributed by atoms with E-state index in [0.29, 0.717) is 6.61 Å². The molecule has 0 heterocycles. The molecule has 0 spiro atoms. The van der Waals surface area contributed by atoms with Crippen molar-refractivity contribution in [3.8, 4) is 0 Å². The number of rotatable bonds is 3. The number of ether oxygens (including phenoxy) is 1. The van der Waals surface area contributed by atoms with E-state index in [-0.39, 0.29) is 5.97 Å². The lowest BCUT2D eigenvalue weighted by Crippen LogP contribution is -2.22. The van der Waals surface area contributed by atoms with Gasteiger partial charge in [-0.25, -0.2) is 0 Å². The second-order valence-corrected chi connectivity index (χ2v) is 5.16. The van der Waals surface area contributed by atoms with E-state index >= 15 is 0 Å². The van der Waals surface area contributed by atoms with Gasteiger partial charge in [-0.3, -0.25) is 4.79 Å². The summed E-state index contributed by atoms with van der Waals surface area (Å²) in [5.74, 6) is -0.175. The van der Waals surface area contributed by atoms with Crippen LogP contribution in [-0.2, 0) is 9.53 Å². The minimum atomic E-state index is -0.433. The fraction of sp³-hybridized carbons (Fsp3) is 0.400. The maximum atomic E-state index is 11.5. The summed E-state index contributed by atoms with van der Waals surface area (Å²) in [6, 6.07) is 8.19. The van der Waals surface area contributed by atoms with Crippen molar-refractivity contribution in [2.45, 2.75) is 27.7 Å². The Bertz CT molecular complexity index is 394. The molecule has 0 saturated carbocycles. The number of hydrogen-bond donors (Lipinski definition) is 0. The quantitative estimate of drug-likeness (QED) is 0.744. The number of aryl methyl sites for hydroxylation is 1. The standard InChI is InChI=1S/C15H20O2/c1-12-7-9-13(10-8-12)6-5-11-17-14(16)15(2,3)4/h5-10H,11H2,1-4H3/b6-5+. The first kappa shape index (κ1) is 13.5. The van der Waals surface area contributed by atoms with Gasteiger partial charge in [0.15, 0.2) is 0 Å². The van der Waals surface area contributed by atoms with E-state index in [0.717, 1.165) is 5.56 Å². The van der Waals surface area contributed by atoms with Gasteiger partial charge in [0, 0.05) is 0 Å². The molecule has 0 aliphatic rings. The molecule has 17 heavy (non-hydrogen) atoms. The maximum Gasteiger partial charge on any atom is 0.311 e. The average molecular weight is 232 g/mol. The van der Waals surface area contributed by atoms with Gasteiger partial charge in [0.2, 0.25) is 0 Å². The third-order valence-electron chi connectivity index (χ3n) is 2.31. The van der Waals surface area contributed by atoms with Crippen LogP contribution >= 0.6 is 0 Å². The Hall–Kier alpha value is -1.57. The van der Waals surface area contributed by atoms with Crippen LogP contribution in [0.1, 0.15) is 31.9 Å². The molecule has 0 aromatic heterocycles. The van der Waals surface area contributed by atoms with E-state index in [9.17, 15) is 4.79 Å². The second-order valence-electron chi connectivity index (χ2n) is 5.16. The molecular weight excluding hydrogens is 212 g/mol. The second kappa shape index (κ2) is 5.67. The Labute approximate surface area is 103 Å². The highest BCUT2D eigenvalue weighted by Gasteiger charge is 2.22. The number of hydrogen-bond acceptors (Lipinski definition) is 2. The number of esters is 1. The van der Waals surface area contributed by atoms with Crippen molar-refractivity contribution in [1.82, 2.24) is 0 Å². The highest BCUT2D eigenvalue weighted by Crippen LogP contribution is 2.15. The highest BCUT2D eigenvalue weighted by molar-refractivity contribution is 5.75. The van der Waals surface area contributed by atoms with Crippen LogP contribution in [0.25, 0.3) is 6.08 Å². The van der Waals surface area contributed by atoms with Crippen molar-refractivity contribution in [1.29, 1.82) is 0 Å². The molecule has 1 aromatic rings. The van der Waals surface area contributed by atoms with Gasteiger partial charge in [-0.05, 0) is 39.3 Å². The van der Waals surface area contributed by atoms with Crippen LogP contribution in [0, 0.1) is 12.3 Å². The summed E-state index contributed by atoms with van der Waals surface area (Å²) in [6.45, 7) is 7.92. The van der Waals surface area contributed by atoms with Crippen LogP contribution in [-0.4, -0.2) is 12.6 Å². The van der Waals surface area contributed by atoms with E-state index in [1.165, 1.54) is 5.56 Å². The van der Waals surface area contributed by atoms with Crippen LogP contribution in [0.5, 0.6) is 0 Å². The van der Waals surface area contributed by atoms with Gasteiger partial charge in [-0.1, -0.05) is 35.9 Å². The van der Waals surface area contributed by atoms with Crippen molar-refractivity contribution in [3.63, 3.8) is 0 Å². The minimum Gasteiger partial charge on any atom is -0.461 e. The number of carbonyl (C=O) groups is 1. The lowest BCUT2D eigenvalue weighted by atomic mass is 9.97. The molecule has 0 saturated heterocycles. The summed E-state index contributed by atoms with van der Waals surface area (Å²) in [6.07, 6.45) is 3.81. The van der Waals surface area contributed by atoms with Gasteiger partial charge in [0.1, 0.15) is 6.61 Å². The van der Waals surface area contributed by atoms with Crippen LogP contribution in [0.2, 0.25) is 0 Å². The Morgan fingerprint density at radius 3 is 2.35 bits per heavy atom. The van der Waals surface area contributed by atoms with Crippen molar-refractivity contribution < 1.29 is 9.53 Å². The predicted molar refractivity (Wildman–Crippen MR) is 70.6 cm³/mol. The molecule has 1 aromatic carbocycles. The fourth-order valence-corrected chi connectivity index (χ4v) is 1.20. The molecule has 0 unspecified atom stereocenters. The predicted octanol–water partition coefficient (Wildman–Crippen LogP) is 3.60. The summed E-state index contributed by atoms with van der Waals surface area (Å²) < 4.78 is 5.13. The summed E-state index contributed by atoms with van der Waals surface area (Å²) in [5.41, 5.74) is 1.92. The van der Waals surface area contributed by atoms with Crippen LogP contribution in [0.3, 0.4) is 0 Å². The molecule has 92 valence electrons. The Morgan fingerprint density at radius 1 is 1.24 bits per heavy atom. The molecule has 0 N–H and O–H groups in total. The van der Waals surface area contributed by atoms with Gasteiger partial charge in [0.05, 0.1) is 5.41 Å². The summed E-state index contributed by atoms with van der Waals surface area (Å²) in [7, 11) is 0. The van der Waals surface area contributed by atoms with E-state index < -0.39 is 5.41 Å². The zero-order valence-electron chi connectivity index (χ0n) is 11.0. The molecule has 2 nitrogen and oxygen atoms in total. The molecule has 0 radical (unpaired) electrons. The Kier molecular flexibility index (Phi) is 4.50. The number of benzene rings is 1. The van der Waals surface area contributed by atoms with E-state index in [1.807, 2.05) is 45.1 Å². The normalized spacial score (nSPS) is 11.8. The van der Waals surface area contributed by atoms with Crippen LogP contribution in [0.4, 0.5) is 0 Å². The lowest BCUT2D eigenvalue weighted by molar-refractivity contribution is -0.151. The maximum absolute atomic E-state index is 11.5. The van der Waals surface area contributed by atoms with Crippen molar-refractivity contribution in [2.24, 2.45) is 5.41 Å². The Balaban J connectivity index is 2.41. The first-order chi connectivity index (χ1) is 7.89. The van der Waals surface area contributed by atoms with Gasteiger partial charge in [-0.15, -0.1) is 0 Å². The first-order valence-electron chi connectivity index (χ1n) is 5.80. The molecule has 0 amide bonds. The SMILES string of the molecule is Cc1ccc(/C=C/COC(=O)C(C)(C)C)cc1. The third kappa shape index (κ3) is 4.85. The monoisotopic (exact) mass is 232 g/mol. The average Bonchev–Trinajstić information content (AvgIpc) is 2.25. The number of carbonyl (C=O) groups excluding carboxylic acids is 1. The van der Waals surface area contributed by atoms with Crippen molar-refractivity contribution in [2.75, 3.05) is 6.61 Å². The lowest BCUT2D eigenvalue weighted by Gasteiger charge is -2.15. The van der Waals surface area contributed by atoms with E-state index in [4.69, 9.17) is 4.74 Å². The molecule has 0 bridgehead atoms. The molecule has 0 atom stereocenters. The Morgan fingerprint density at radius 2 is 1.82 bits per heavy atom. The van der Waals surface area contributed by atoms with Gasteiger partial charge in [0.25, 0.3) is 0 Å². The summed E-state index contributed by atoms with van der Waals surface area (Å²) in [5, 5.41) is 0.